The fourth-order valence-electron chi connectivity index (χ4n) is 2.33. The summed E-state index contributed by atoms with van der Waals surface area (Å²) in [7, 11) is 0. The lowest BCUT2D eigenvalue weighted by molar-refractivity contribution is 0.0680. The van der Waals surface area contributed by atoms with Crippen molar-refractivity contribution in [2.45, 2.75) is 51.2 Å². The lowest BCUT2D eigenvalue weighted by Gasteiger charge is -2.29. The Labute approximate surface area is 104 Å². The summed E-state index contributed by atoms with van der Waals surface area (Å²) in [4.78, 5) is 0. The minimum absolute atomic E-state index is 0.00852. The predicted octanol–water partition coefficient (Wildman–Crippen LogP) is 3.38. The van der Waals surface area contributed by atoms with E-state index < -0.39 is 0 Å². The van der Waals surface area contributed by atoms with Crippen LogP contribution in [0.5, 0.6) is 0 Å². The van der Waals surface area contributed by atoms with Crippen molar-refractivity contribution in [1.82, 2.24) is 0 Å². The molecule has 2 heteroatoms. The molecule has 0 radical (unpaired) electrons. The summed E-state index contributed by atoms with van der Waals surface area (Å²) < 4.78 is 5.62. The second kappa shape index (κ2) is 5.65. The zero-order valence-corrected chi connectivity index (χ0v) is 10.9. The van der Waals surface area contributed by atoms with Gasteiger partial charge in [-0.3, -0.25) is 0 Å². The van der Waals surface area contributed by atoms with Gasteiger partial charge in [0.1, 0.15) is 0 Å². The van der Waals surface area contributed by atoms with Gasteiger partial charge in [-0.15, -0.1) is 0 Å². The molecule has 1 aromatic carbocycles. The smallest absolute Gasteiger partial charge is 0.0662 e. The molecule has 1 aromatic rings. The molecule has 0 saturated heterocycles. The Morgan fingerprint density at radius 1 is 1.29 bits per heavy atom. The van der Waals surface area contributed by atoms with E-state index in [4.69, 9.17) is 10.5 Å². The van der Waals surface area contributed by atoms with Gasteiger partial charge in [0.25, 0.3) is 0 Å². The van der Waals surface area contributed by atoms with Gasteiger partial charge in [-0.25, -0.2) is 0 Å². The van der Waals surface area contributed by atoms with Gasteiger partial charge in [0.2, 0.25) is 0 Å². The highest BCUT2D eigenvalue weighted by atomic mass is 16.5. The van der Waals surface area contributed by atoms with Gasteiger partial charge in [-0.1, -0.05) is 30.7 Å². The zero-order valence-electron chi connectivity index (χ0n) is 10.9. The van der Waals surface area contributed by atoms with Crippen LogP contribution in [-0.2, 0) is 4.74 Å². The second-order valence-corrected chi connectivity index (χ2v) is 5.25. The molecule has 1 unspecified atom stereocenters. The average Bonchev–Trinajstić information content (AvgIpc) is 2.24. The summed E-state index contributed by atoms with van der Waals surface area (Å²) in [6.45, 7) is 4.70. The summed E-state index contributed by atoms with van der Waals surface area (Å²) in [5, 5.41) is 0. The van der Waals surface area contributed by atoms with Crippen LogP contribution in [0, 0.1) is 0 Å². The van der Waals surface area contributed by atoms with E-state index in [1.165, 1.54) is 30.4 Å². The second-order valence-electron chi connectivity index (χ2n) is 5.25. The number of ether oxygens (including phenoxy) is 1. The molecular weight excluding hydrogens is 210 g/mol. The Morgan fingerprint density at radius 3 is 2.59 bits per heavy atom. The summed E-state index contributed by atoms with van der Waals surface area (Å²) in [5.74, 6) is 0.733. The Balaban J connectivity index is 2.07. The standard InChI is InChI=1S/C15H23NO/c1-11(2)17-10-15(16)14-9-4-3-8-13(14)12-6-5-7-12/h3-4,8-9,11-12,15H,5-7,10,16H2,1-2H3. The highest BCUT2D eigenvalue weighted by molar-refractivity contribution is 5.34. The summed E-state index contributed by atoms with van der Waals surface area (Å²) in [5.41, 5.74) is 8.95. The van der Waals surface area contributed by atoms with Crippen molar-refractivity contribution in [2.24, 2.45) is 5.73 Å². The van der Waals surface area contributed by atoms with Gasteiger partial charge >= 0.3 is 0 Å². The molecule has 1 saturated carbocycles. The Hall–Kier alpha value is -0.860. The van der Waals surface area contributed by atoms with E-state index in [0.717, 1.165) is 5.92 Å². The molecule has 0 heterocycles. The number of nitrogens with two attached hydrogens (primary N) is 1. The van der Waals surface area contributed by atoms with Crippen LogP contribution in [0.2, 0.25) is 0 Å². The molecular formula is C15H23NO. The first-order chi connectivity index (χ1) is 8.18. The van der Waals surface area contributed by atoms with Crippen molar-refractivity contribution in [3.05, 3.63) is 35.4 Å². The largest absolute Gasteiger partial charge is 0.377 e. The van der Waals surface area contributed by atoms with Crippen LogP contribution in [0.25, 0.3) is 0 Å². The van der Waals surface area contributed by atoms with Crippen LogP contribution in [0.3, 0.4) is 0 Å². The van der Waals surface area contributed by atoms with E-state index in [2.05, 4.69) is 24.3 Å². The average molecular weight is 233 g/mol. The molecule has 0 aromatic heterocycles. The van der Waals surface area contributed by atoms with Crippen molar-refractivity contribution >= 4 is 0 Å². The normalized spacial score (nSPS) is 18.1. The van der Waals surface area contributed by atoms with Crippen molar-refractivity contribution in [2.75, 3.05) is 6.61 Å². The van der Waals surface area contributed by atoms with E-state index in [1.54, 1.807) is 0 Å². The van der Waals surface area contributed by atoms with Crippen LogP contribution < -0.4 is 5.73 Å². The number of benzene rings is 1. The van der Waals surface area contributed by atoms with Gasteiger partial charge in [-0.05, 0) is 43.7 Å². The van der Waals surface area contributed by atoms with Crippen molar-refractivity contribution in [3.8, 4) is 0 Å². The van der Waals surface area contributed by atoms with Crippen LogP contribution >= 0.6 is 0 Å². The minimum atomic E-state index is 0.00852. The lowest BCUT2D eigenvalue weighted by atomic mass is 9.77. The molecule has 2 rings (SSSR count). The monoisotopic (exact) mass is 233 g/mol. The lowest BCUT2D eigenvalue weighted by Crippen LogP contribution is -2.22. The summed E-state index contributed by atoms with van der Waals surface area (Å²) in [6, 6.07) is 8.59. The summed E-state index contributed by atoms with van der Waals surface area (Å²) >= 11 is 0. The quantitative estimate of drug-likeness (QED) is 0.846. The molecule has 17 heavy (non-hydrogen) atoms. The summed E-state index contributed by atoms with van der Waals surface area (Å²) in [6.07, 6.45) is 4.23. The van der Waals surface area contributed by atoms with E-state index in [0.29, 0.717) is 6.61 Å². The first kappa shape index (κ1) is 12.6. The SMILES string of the molecule is CC(C)OCC(N)c1ccccc1C1CCC1. The number of rotatable bonds is 5. The molecule has 1 fully saturated rings. The van der Waals surface area contributed by atoms with E-state index in [-0.39, 0.29) is 12.1 Å². The number of hydrogen-bond acceptors (Lipinski definition) is 2. The third-order valence-corrected chi connectivity index (χ3v) is 3.55. The molecule has 0 bridgehead atoms. The molecule has 2 N–H and O–H groups in total. The van der Waals surface area contributed by atoms with E-state index in [1.807, 2.05) is 13.8 Å². The maximum absolute atomic E-state index is 6.24. The van der Waals surface area contributed by atoms with Gasteiger partial charge in [0.05, 0.1) is 18.8 Å². The van der Waals surface area contributed by atoms with Crippen molar-refractivity contribution < 1.29 is 4.74 Å². The predicted molar refractivity (Wildman–Crippen MR) is 71.1 cm³/mol. The van der Waals surface area contributed by atoms with Crippen LogP contribution in [0.15, 0.2) is 24.3 Å². The maximum Gasteiger partial charge on any atom is 0.0662 e. The fraction of sp³-hybridized carbons (Fsp3) is 0.600. The van der Waals surface area contributed by atoms with Gasteiger partial charge in [0, 0.05) is 0 Å². The molecule has 94 valence electrons. The van der Waals surface area contributed by atoms with E-state index in [9.17, 15) is 0 Å². The van der Waals surface area contributed by atoms with Gasteiger partial charge in [-0.2, -0.15) is 0 Å². The molecule has 1 aliphatic rings. The molecule has 1 atom stereocenters. The molecule has 2 nitrogen and oxygen atoms in total. The first-order valence-corrected chi connectivity index (χ1v) is 6.64. The molecule has 0 amide bonds. The highest BCUT2D eigenvalue weighted by Gasteiger charge is 2.23. The van der Waals surface area contributed by atoms with Gasteiger partial charge < -0.3 is 10.5 Å². The highest BCUT2D eigenvalue weighted by Crippen LogP contribution is 2.39. The van der Waals surface area contributed by atoms with Crippen LogP contribution in [0.1, 0.15) is 56.2 Å². The van der Waals surface area contributed by atoms with Crippen molar-refractivity contribution in [3.63, 3.8) is 0 Å². The van der Waals surface area contributed by atoms with Gasteiger partial charge in [0.15, 0.2) is 0 Å². The first-order valence-electron chi connectivity index (χ1n) is 6.64. The maximum atomic E-state index is 6.24. The molecule has 0 aliphatic heterocycles. The van der Waals surface area contributed by atoms with Crippen LogP contribution in [-0.4, -0.2) is 12.7 Å². The Bertz CT molecular complexity index is 358. The third-order valence-electron chi connectivity index (χ3n) is 3.55. The van der Waals surface area contributed by atoms with Crippen molar-refractivity contribution in [1.29, 1.82) is 0 Å². The Kier molecular flexibility index (Phi) is 4.19. The zero-order chi connectivity index (χ0) is 12.3. The Morgan fingerprint density at radius 2 is 2.00 bits per heavy atom. The molecule has 0 spiro atoms. The fourth-order valence-corrected chi connectivity index (χ4v) is 2.33. The van der Waals surface area contributed by atoms with E-state index >= 15 is 0 Å². The number of hydrogen-bond donors (Lipinski definition) is 1. The molecule has 1 aliphatic carbocycles. The minimum Gasteiger partial charge on any atom is -0.377 e. The third kappa shape index (κ3) is 3.08. The topological polar surface area (TPSA) is 35.2 Å². The van der Waals surface area contributed by atoms with Crippen LogP contribution in [0.4, 0.5) is 0 Å².